The number of carbonyl (C=O) groups excluding carboxylic acids is 1. The van der Waals surface area contributed by atoms with E-state index in [4.69, 9.17) is 11.6 Å². The first kappa shape index (κ1) is 23.8. The molecule has 0 aliphatic carbocycles. The largest absolute Gasteiger partial charge is 0.574 e. The fourth-order valence-electron chi connectivity index (χ4n) is 3.52. The number of nitrogens with zero attached hydrogens (tertiary/aromatic N) is 4. The van der Waals surface area contributed by atoms with Crippen LogP contribution in [0, 0.1) is 0 Å². The maximum Gasteiger partial charge on any atom is 0.574 e. The van der Waals surface area contributed by atoms with Gasteiger partial charge in [0.2, 0.25) is 5.88 Å². The number of alkyl halides is 6. The third kappa shape index (κ3) is 5.24. The molecule has 1 amide bonds. The maximum atomic E-state index is 13.1. The molecule has 180 valence electrons. The van der Waals surface area contributed by atoms with Gasteiger partial charge in [0.25, 0.3) is 5.91 Å². The minimum atomic E-state index is -4.96. The quantitative estimate of drug-likeness (QED) is 0.494. The highest BCUT2D eigenvalue weighted by Gasteiger charge is 2.34. The van der Waals surface area contributed by atoms with Gasteiger partial charge in [-0.15, -0.1) is 13.2 Å². The van der Waals surface area contributed by atoms with E-state index < -0.39 is 36.1 Å². The predicted molar refractivity (Wildman–Crippen MR) is 106 cm³/mol. The summed E-state index contributed by atoms with van der Waals surface area (Å²) < 4.78 is 81.8. The van der Waals surface area contributed by atoms with Crippen molar-refractivity contribution < 1.29 is 35.9 Å². The molecular weight excluding hydrogens is 492 g/mol. The van der Waals surface area contributed by atoms with Crippen molar-refractivity contribution in [2.75, 3.05) is 0 Å². The van der Waals surface area contributed by atoms with E-state index in [1.165, 1.54) is 12.1 Å². The summed E-state index contributed by atoms with van der Waals surface area (Å²) in [4.78, 5) is 19.4. The van der Waals surface area contributed by atoms with Crippen molar-refractivity contribution in [2.45, 2.75) is 38.0 Å². The monoisotopic (exact) mass is 505 g/mol. The van der Waals surface area contributed by atoms with Crippen molar-refractivity contribution in [3.05, 3.63) is 58.6 Å². The van der Waals surface area contributed by atoms with Crippen LogP contribution in [-0.4, -0.2) is 32.0 Å². The van der Waals surface area contributed by atoms with Crippen LogP contribution in [0.25, 0.3) is 11.3 Å². The smallest absolute Gasteiger partial charge is 0.388 e. The van der Waals surface area contributed by atoms with Gasteiger partial charge in [-0.25, -0.2) is 4.98 Å². The van der Waals surface area contributed by atoms with Gasteiger partial charge in [0, 0.05) is 36.1 Å². The first-order valence-corrected chi connectivity index (χ1v) is 10.1. The first-order chi connectivity index (χ1) is 15.9. The van der Waals surface area contributed by atoms with Gasteiger partial charge in [-0.1, -0.05) is 11.6 Å². The van der Waals surface area contributed by atoms with Gasteiger partial charge in [-0.2, -0.15) is 18.3 Å². The SMILES string of the molecule is O=C(N[C@@H]1CCCn2nc(-c3cc(C(F)(F)F)ncc3Cl)cc21)c1ccnc(OC(F)(F)F)c1. The summed E-state index contributed by atoms with van der Waals surface area (Å²) >= 11 is 6.06. The molecule has 3 aromatic rings. The highest BCUT2D eigenvalue weighted by atomic mass is 35.5. The van der Waals surface area contributed by atoms with Gasteiger partial charge in [-0.05, 0) is 31.0 Å². The van der Waals surface area contributed by atoms with E-state index in [0.29, 0.717) is 25.1 Å². The average Bonchev–Trinajstić information content (AvgIpc) is 3.17. The molecule has 0 saturated carbocycles. The summed E-state index contributed by atoms with van der Waals surface area (Å²) in [6.45, 7) is 0.454. The highest BCUT2D eigenvalue weighted by Crippen LogP contribution is 2.36. The molecule has 1 aliphatic heterocycles. The summed E-state index contributed by atoms with van der Waals surface area (Å²) in [5, 5.41) is 7.00. The number of carbonyl (C=O) groups is 1. The molecular formula is C20H14ClF6N5O2. The fourth-order valence-corrected chi connectivity index (χ4v) is 3.72. The van der Waals surface area contributed by atoms with Crippen LogP contribution in [0.3, 0.4) is 0 Å². The number of amides is 1. The van der Waals surface area contributed by atoms with Gasteiger partial charge in [-0.3, -0.25) is 14.5 Å². The Hall–Kier alpha value is -3.35. The van der Waals surface area contributed by atoms with E-state index in [1.54, 1.807) is 4.68 Å². The molecule has 1 N–H and O–H groups in total. The second kappa shape index (κ2) is 8.78. The van der Waals surface area contributed by atoms with E-state index in [9.17, 15) is 31.1 Å². The number of hydrogen-bond acceptors (Lipinski definition) is 5. The van der Waals surface area contributed by atoms with Crippen molar-refractivity contribution in [3.63, 3.8) is 0 Å². The minimum Gasteiger partial charge on any atom is -0.388 e. The average molecular weight is 506 g/mol. The summed E-state index contributed by atoms with van der Waals surface area (Å²) in [7, 11) is 0. The maximum absolute atomic E-state index is 13.1. The first-order valence-electron chi connectivity index (χ1n) is 9.74. The number of pyridine rings is 2. The van der Waals surface area contributed by atoms with Crippen LogP contribution in [0.15, 0.2) is 36.7 Å². The second-order valence-corrected chi connectivity index (χ2v) is 7.73. The molecule has 1 atom stereocenters. The Balaban J connectivity index is 1.59. The van der Waals surface area contributed by atoms with Gasteiger partial charge >= 0.3 is 12.5 Å². The lowest BCUT2D eigenvalue weighted by atomic mass is 10.0. The lowest BCUT2D eigenvalue weighted by molar-refractivity contribution is -0.276. The molecule has 0 unspecified atom stereocenters. The van der Waals surface area contributed by atoms with Crippen molar-refractivity contribution in [1.29, 1.82) is 0 Å². The zero-order chi connectivity index (χ0) is 24.7. The topological polar surface area (TPSA) is 81.9 Å². The molecule has 4 heterocycles. The summed E-state index contributed by atoms with van der Waals surface area (Å²) in [5.41, 5.74) is -0.537. The highest BCUT2D eigenvalue weighted by molar-refractivity contribution is 6.33. The van der Waals surface area contributed by atoms with Gasteiger partial charge < -0.3 is 10.1 Å². The van der Waals surface area contributed by atoms with Crippen LogP contribution >= 0.6 is 11.6 Å². The van der Waals surface area contributed by atoms with Crippen molar-refractivity contribution >= 4 is 17.5 Å². The molecule has 1 aliphatic rings. The summed E-state index contributed by atoms with van der Waals surface area (Å²) in [5.74, 6) is -1.47. The van der Waals surface area contributed by atoms with Crippen LogP contribution in [0.1, 0.15) is 40.6 Å². The molecule has 4 rings (SSSR count). The van der Waals surface area contributed by atoms with Crippen molar-refractivity contribution in [1.82, 2.24) is 25.1 Å². The number of nitrogens with one attached hydrogen (secondary N) is 1. The zero-order valence-electron chi connectivity index (χ0n) is 16.9. The number of aryl methyl sites for hydroxylation is 1. The Morgan fingerprint density at radius 2 is 1.91 bits per heavy atom. The molecule has 0 radical (unpaired) electrons. The number of fused-ring (bicyclic) bond motifs is 1. The Labute approximate surface area is 192 Å². The van der Waals surface area contributed by atoms with E-state index in [-0.39, 0.29) is 21.8 Å². The van der Waals surface area contributed by atoms with Gasteiger partial charge in [0.1, 0.15) is 5.69 Å². The zero-order valence-corrected chi connectivity index (χ0v) is 17.7. The third-order valence-corrected chi connectivity index (χ3v) is 5.28. The Morgan fingerprint density at radius 1 is 1.15 bits per heavy atom. The molecule has 0 bridgehead atoms. The van der Waals surface area contributed by atoms with Crippen LogP contribution in [0.4, 0.5) is 26.3 Å². The van der Waals surface area contributed by atoms with E-state index in [2.05, 4.69) is 25.1 Å². The van der Waals surface area contributed by atoms with Gasteiger partial charge in [0.15, 0.2) is 0 Å². The number of hydrogen-bond donors (Lipinski definition) is 1. The second-order valence-electron chi connectivity index (χ2n) is 7.32. The van der Waals surface area contributed by atoms with Crippen molar-refractivity contribution in [2.24, 2.45) is 0 Å². The minimum absolute atomic E-state index is 0.0269. The van der Waals surface area contributed by atoms with Crippen LogP contribution < -0.4 is 10.1 Å². The Kier molecular flexibility index (Phi) is 6.14. The molecule has 7 nitrogen and oxygen atoms in total. The molecule has 34 heavy (non-hydrogen) atoms. The Bertz CT molecular complexity index is 1230. The third-order valence-electron chi connectivity index (χ3n) is 4.98. The fraction of sp³-hybridized carbons (Fsp3) is 0.300. The van der Waals surface area contributed by atoms with Crippen LogP contribution in [-0.2, 0) is 12.7 Å². The lowest BCUT2D eigenvalue weighted by Gasteiger charge is -2.24. The number of halogens is 7. The van der Waals surface area contributed by atoms with Gasteiger partial charge in [0.05, 0.1) is 22.5 Å². The molecule has 14 heteroatoms. The normalized spacial score (nSPS) is 16.1. The van der Waals surface area contributed by atoms with Crippen LogP contribution in [0.2, 0.25) is 5.02 Å². The molecule has 0 fully saturated rings. The van der Waals surface area contributed by atoms with Crippen molar-refractivity contribution in [3.8, 4) is 17.1 Å². The Morgan fingerprint density at radius 3 is 2.62 bits per heavy atom. The van der Waals surface area contributed by atoms with E-state index in [0.717, 1.165) is 24.5 Å². The van der Waals surface area contributed by atoms with E-state index in [1.807, 2.05) is 0 Å². The number of ether oxygens (including phenoxy) is 1. The molecule has 0 aromatic carbocycles. The molecule has 3 aromatic heterocycles. The number of rotatable bonds is 4. The number of aromatic nitrogens is 4. The van der Waals surface area contributed by atoms with E-state index >= 15 is 0 Å². The summed E-state index contributed by atoms with van der Waals surface area (Å²) in [6.07, 6.45) is -6.67. The van der Waals surface area contributed by atoms with Crippen LogP contribution in [0.5, 0.6) is 5.88 Å². The standard InChI is InChI=1S/C20H14ClF6N5O2/c21-12-9-29-16(19(22,23)24)7-11(12)14-8-15-13(2-1-5-32(15)31-14)30-18(33)10-3-4-28-17(6-10)34-20(25,26)27/h3-4,6-9,13H,1-2,5H2,(H,30,33)/t13-/m1/s1. The molecule has 0 spiro atoms. The summed E-state index contributed by atoms with van der Waals surface area (Å²) in [6, 6.07) is 3.79. The molecule has 0 saturated heterocycles. The predicted octanol–water partition coefficient (Wildman–Crippen LogP) is 5.18. The lowest BCUT2D eigenvalue weighted by Crippen LogP contribution is -2.32.